The number of para-hydroxylation sites is 1. The number of hydrogen-bond donors (Lipinski definition) is 1. The number of ether oxygens (including phenoxy) is 2. The molecule has 1 saturated heterocycles. The molecule has 0 amide bonds. The molecule has 45 heavy (non-hydrogen) atoms. The smallest absolute Gasteiger partial charge is 0.358 e. The van der Waals surface area contributed by atoms with Gasteiger partial charge in [-0.3, -0.25) is 14.3 Å². The summed E-state index contributed by atoms with van der Waals surface area (Å²) in [5.41, 5.74) is 0.933. The van der Waals surface area contributed by atoms with Crippen LogP contribution in [0.3, 0.4) is 0 Å². The molecular formula is C35H32N2O7P+. The second kappa shape index (κ2) is 13.5. The van der Waals surface area contributed by atoms with Gasteiger partial charge < -0.3 is 9.47 Å². The molecule has 4 atom stereocenters. The van der Waals surface area contributed by atoms with E-state index in [2.05, 4.69) is 4.98 Å². The van der Waals surface area contributed by atoms with Crippen molar-refractivity contribution in [2.24, 2.45) is 0 Å². The molecule has 0 saturated carbocycles. The summed E-state index contributed by atoms with van der Waals surface area (Å²) >= 11 is 0. The maximum Gasteiger partial charge on any atom is 0.750 e. The van der Waals surface area contributed by atoms with E-state index in [4.69, 9.17) is 18.5 Å². The number of benzene rings is 4. The van der Waals surface area contributed by atoms with Crippen LogP contribution in [0.25, 0.3) is 0 Å². The first-order chi connectivity index (χ1) is 21.9. The Bertz CT molecular complexity index is 1750. The number of H-pyrrole nitrogens is 1. The van der Waals surface area contributed by atoms with Gasteiger partial charge in [-0.2, -0.15) is 0 Å². The van der Waals surface area contributed by atoms with Gasteiger partial charge in [0.25, 0.3) is 5.56 Å². The number of hydrogen-bond acceptors (Lipinski definition) is 7. The molecule has 0 radical (unpaired) electrons. The van der Waals surface area contributed by atoms with E-state index in [0.29, 0.717) is 11.3 Å². The summed E-state index contributed by atoms with van der Waals surface area (Å²) in [5, 5.41) is 0. The lowest BCUT2D eigenvalue weighted by Crippen LogP contribution is -2.38. The third kappa shape index (κ3) is 6.57. The molecule has 10 heteroatoms. The molecule has 1 aliphatic rings. The van der Waals surface area contributed by atoms with Crippen molar-refractivity contribution in [2.45, 2.75) is 37.4 Å². The summed E-state index contributed by atoms with van der Waals surface area (Å²) in [6, 6.07) is 38.4. The van der Waals surface area contributed by atoms with Crippen LogP contribution in [-0.2, 0) is 24.2 Å². The number of nitrogens with one attached hydrogen (secondary N) is 1. The van der Waals surface area contributed by atoms with Crippen molar-refractivity contribution in [3.05, 3.63) is 171 Å². The minimum absolute atomic E-state index is 0.00540. The Morgan fingerprint density at radius 2 is 1.33 bits per heavy atom. The molecule has 5 aromatic rings. The van der Waals surface area contributed by atoms with Crippen molar-refractivity contribution in [3.8, 4) is 5.75 Å². The Balaban J connectivity index is 1.36. The molecule has 1 fully saturated rings. The van der Waals surface area contributed by atoms with E-state index in [1.54, 1.807) is 31.2 Å². The monoisotopic (exact) mass is 623 g/mol. The van der Waals surface area contributed by atoms with Gasteiger partial charge in [-0.1, -0.05) is 109 Å². The van der Waals surface area contributed by atoms with E-state index in [0.717, 1.165) is 16.7 Å². The number of nitrogens with zero attached hydrogens (tertiary/aromatic N) is 1. The Hall–Kier alpha value is -4.66. The van der Waals surface area contributed by atoms with E-state index < -0.39 is 43.5 Å². The zero-order chi connectivity index (χ0) is 31.2. The molecule has 9 nitrogen and oxygen atoms in total. The Labute approximate surface area is 261 Å². The lowest BCUT2D eigenvalue weighted by Gasteiger charge is -2.37. The van der Waals surface area contributed by atoms with Crippen LogP contribution < -0.4 is 15.8 Å². The summed E-state index contributed by atoms with van der Waals surface area (Å²) < 4.78 is 39.3. The maximum atomic E-state index is 13.1. The molecule has 1 N–H and O–H groups in total. The molecular weight excluding hydrogens is 591 g/mol. The first kappa shape index (κ1) is 30.4. The SMILES string of the molecule is Cc1cn([C@H]2C[C@H](O[P+](=O)Oc3ccccc3)[C@@H](COC(c3ccccc3)(c3ccccc3)c3ccccc3)O2)c(=O)[nH]c1=O. The van der Waals surface area contributed by atoms with E-state index in [1.807, 2.05) is 97.1 Å². The first-order valence-corrected chi connectivity index (χ1v) is 15.7. The van der Waals surface area contributed by atoms with Crippen molar-refractivity contribution in [2.75, 3.05) is 6.61 Å². The molecule has 0 aliphatic carbocycles. The summed E-state index contributed by atoms with van der Waals surface area (Å²) in [5.74, 6) is 0.394. The van der Waals surface area contributed by atoms with Gasteiger partial charge in [0.2, 0.25) is 0 Å². The third-order valence-corrected chi connectivity index (χ3v) is 8.59. The van der Waals surface area contributed by atoms with Crippen LogP contribution in [0.1, 0.15) is 34.9 Å². The van der Waals surface area contributed by atoms with Crippen molar-refractivity contribution in [1.82, 2.24) is 9.55 Å². The normalized spacial score (nSPS) is 18.4. The fourth-order valence-corrected chi connectivity index (χ4v) is 6.39. The van der Waals surface area contributed by atoms with Crippen LogP contribution in [0, 0.1) is 6.92 Å². The van der Waals surface area contributed by atoms with Crippen molar-refractivity contribution < 1.29 is 23.1 Å². The Kier molecular flexibility index (Phi) is 9.14. The molecule has 228 valence electrons. The van der Waals surface area contributed by atoms with Crippen molar-refractivity contribution >= 4 is 8.25 Å². The number of aromatic amines is 1. The van der Waals surface area contributed by atoms with Gasteiger partial charge in [0.15, 0.2) is 5.75 Å². The first-order valence-electron chi connectivity index (χ1n) is 14.6. The van der Waals surface area contributed by atoms with E-state index in [-0.39, 0.29) is 13.0 Å². The Morgan fingerprint density at radius 3 is 1.87 bits per heavy atom. The summed E-state index contributed by atoms with van der Waals surface area (Å²) in [7, 11) is -2.60. The maximum absolute atomic E-state index is 13.1. The van der Waals surface area contributed by atoms with Gasteiger partial charge in [0.05, 0.1) is 6.61 Å². The molecule has 2 heterocycles. The second-order valence-corrected chi connectivity index (χ2v) is 11.5. The van der Waals surface area contributed by atoms with E-state index in [1.165, 1.54) is 10.8 Å². The van der Waals surface area contributed by atoms with Gasteiger partial charge in [0, 0.05) is 22.7 Å². The van der Waals surface area contributed by atoms with Gasteiger partial charge in [-0.05, 0) is 35.7 Å². The van der Waals surface area contributed by atoms with Crippen LogP contribution in [0.5, 0.6) is 5.75 Å². The van der Waals surface area contributed by atoms with Crippen LogP contribution in [-0.4, -0.2) is 28.4 Å². The van der Waals surface area contributed by atoms with Crippen LogP contribution in [0.4, 0.5) is 0 Å². The highest BCUT2D eigenvalue weighted by atomic mass is 31.1. The van der Waals surface area contributed by atoms with Gasteiger partial charge >= 0.3 is 13.9 Å². The summed E-state index contributed by atoms with van der Waals surface area (Å²) in [4.78, 5) is 27.2. The molecule has 0 spiro atoms. The molecule has 1 aromatic heterocycles. The van der Waals surface area contributed by atoms with Crippen molar-refractivity contribution in [3.63, 3.8) is 0 Å². The van der Waals surface area contributed by atoms with Gasteiger partial charge in [0.1, 0.15) is 24.0 Å². The van der Waals surface area contributed by atoms with E-state index >= 15 is 0 Å². The minimum atomic E-state index is -2.60. The summed E-state index contributed by atoms with van der Waals surface area (Å²) in [6.45, 7) is 1.61. The minimum Gasteiger partial charge on any atom is -0.358 e. The van der Waals surface area contributed by atoms with Crippen LogP contribution >= 0.6 is 8.25 Å². The lowest BCUT2D eigenvalue weighted by atomic mass is 9.80. The zero-order valence-corrected chi connectivity index (χ0v) is 25.4. The van der Waals surface area contributed by atoms with E-state index in [9.17, 15) is 14.2 Å². The predicted octanol–water partition coefficient (Wildman–Crippen LogP) is 6.26. The van der Waals surface area contributed by atoms with Crippen LogP contribution in [0.15, 0.2) is 137 Å². The highest BCUT2D eigenvalue weighted by Gasteiger charge is 2.46. The number of rotatable bonds is 11. The van der Waals surface area contributed by atoms with Crippen LogP contribution in [0.2, 0.25) is 0 Å². The standard InChI is InChI=1S/C35H31N2O7P/c1-25-23-37(34(39)36-33(25)38)32-22-30(44-45(40)43-29-20-12-5-13-21-29)31(42-32)24-41-35(26-14-6-2-7-15-26,27-16-8-3-9-17-27)28-18-10-4-11-19-28/h2-21,23,30-32H,22,24H2,1H3/p+1/t30-,31+,32+/m0/s1. The lowest BCUT2D eigenvalue weighted by molar-refractivity contribution is -0.0916. The molecule has 4 aromatic carbocycles. The highest BCUT2D eigenvalue weighted by Crippen LogP contribution is 2.43. The summed E-state index contributed by atoms with van der Waals surface area (Å²) in [6.07, 6.45) is -0.738. The molecule has 1 unspecified atom stereocenters. The van der Waals surface area contributed by atoms with Gasteiger partial charge in [-0.25, -0.2) is 9.32 Å². The average molecular weight is 624 g/mol. The highest BCUT2D eigenvalue weighted by molar-refractivity contribution is 7.33. The Morgan fingerprint density at radius 1 is 0.822 bits per heavy atom. The average Bonchev–Trinajstić information content (AvgIpc) is 3.47. The topological polar surface area (TPSA) is 109 Å². The number of aromatic nitrogens is 2. The second-order valence-electron chi connectivity index (χ2n) is 10.7. The molecule has 1 aliphatic heterocycles. The number of aryl methyl sites for hydroxylation is 1. The van der Waals surface area contributed by atoms with Gasteiger partial charge in [-0.15, -0.1) is 4.52 Å². The van der Waals surface area contributed by atoms with Crippen molar-refractivity contribution in [1.29, 1.82) is 0 Å². The largest absolute Gasteiger partial charge is 0.750 e. The third-order valence-electron chi connectivity index (χ3n) is 7.79. The molecule has 0 bridgehead atoms. The molecule has 6 rings (SSSR count). The quantitative estimate of drug-likeness (QED) is 0.137. The zero-order valence-electron chi connectivity index (χ0n) is 24.5. The predicted molar refractivity (Wildman–Crippen MR) is 169 cm³/mol. The fourth-order valence-electron chi connectivity index (χ4n) is 5.61. The fraction of sp³-hybridized carbons (Fsp3) is 0.200.